The lowest BCUT2D eigenvalue weighted by atomic mass is 9.98. The zero-order valence-electron chi connectivity index (χ0n) is 13.8. The Labute approximate surface area is 161 Å². The Kier molecular flexibility index (Phi) is 4.65. The number of fused-ring (bicyclic) bond motifs is 1. The first-order valence-electron chi connectivity index (χ1n) is 8.44. The molecule has 1 saturated heterocycles. The van der Waals surface area contributed by atoms with Gasteiger partial charge in [-0.15, -0.1) is 11.3 Å². The molecule has 4 rings (SSSR count). The standard InChI is InChI=1S/C18H19Cl2N3OS/c1-10-2-5-16(25-10)18(24)23-8-11-3-4-14(12(11)9-23)22-15-7-21-17(20)6-13(15)19/h2,5-7,11-12,14,22H,3-4,8-9H2,1H3/t11-,12+,14+/m0/s1. The first-order valence-corrected chi connectivity index (χ1v) is 10.0. The minimum Gasteiger partial charge on any atom is -0.379 e. The third-order valence-corrected chi connectivity index (χ3v) is 6.76. The lowest BCUT2D eigenvalue weighted by molar-refractivity contribution is 0.0785. The van der Waals surface area contributed by atoms with E-state index in [4.69, 9.17) is 23.2 Å². The van der Waals surface area contributed by atoms with E-state index in [1.54, 1.807) is 23.6 Å². The molecular weight excluding hydrogens is 377 g/mol. The van der Waals surface area contributed by atoms with Gasteiger partial charge in [-0.1, -0.05) is 23.2 Å². The number of aromatic nitrogens is 1. The second kappa shape index (κ2) is 6.78. The quantitative estimate of drug-likeness (QED) is 0.764. The van der Waals surface area contributed by atoms with E-state index in [1.165, 1.54) is 4.88 Å². The molecule has 4 nitrogen and oxygen atoms in total. The van der Waals surface area contributed by atoms with E-state index in [9.17, 15) is 4.79 Å². The molecule has 0 aromatic carbocycles. The summed E-state index contributed by atoms with van der Waals surface area (Å²) in [5.74, 6) is 1.18. The summed E-state index contributed by atoms with van der Waals surface area (Å²) < 4.78 is 0. The van der Waals surface area contributed by atoms with Crippen molar-refractivity contribution in [3.05, 3.63) is 44.3 Å². The molecule has 0 spiro atoms. The van der Waals surface area contributed by atoms with Gasteiger partial charge in [-0.05, 0) is 43.9 Å². The zero-order valence-corrected chi connectivity index (χ0v) is 16.2. The van der Waals surface area contributed by atoms with Crippen molar-refractivity contribution in [1.29, 1.82) is 0 Å². The summed E-state index contributed by atoms with van der Waals surface area (Å²) in [6, 6.07) is 5.91. The molecule has 1 amide bonds. The van der Waals surface area contributed by atoms with Crippen LogP contribution in [0.4, 0.5) is 5.69 Å². The van der Waals surface area contributed by atoms with E-state index in [0.29, 0.717) is 28.1 Å². The number of likely N-dealkylation sites (tertiary alicyclic amines) is 1. The molecule has 1 aliphatic carbocycles. The fourth-order valence-corrected chi connectivity index (χ4v) is 5.29. The highest BCUT2D eigenvalue weighted by Crippen LogP contribution is 2.41. The number of amides is 1. The molecule has 1 aliphatic heterocycles. The smallest absolute Gasteiger partial charge is 0.263 e. The summed E-state index contributed by atoms with van der Waals surface area (Å²) in [5.41, 5.74) is 0.815. The number of nitrogens with zero attached hydrogens (tertiary/aromatic N) is 2. The molecule has 2 aliphatic rings. The number of anilines is 1. The van der Waals surface area contributed by atoms with Crippen molar-refractivity contribution in [2.75, 3.05) is 18.4 Å². The van der Waals surface area contributed by atoms with Crippen LogP contribution >= 0.6 is 34.5 Å². The number of carbonyl (C=O) groups excluding carboxylic acids is 1. The molecule has 3 heterocycles. The fourth-order valence-electron chi connectivity index (χ4n) is 4.03. The maximum absolute atomic E-state index is 12.7. The number of carbonyl (C=O) groups is 1. The predicted molar refractivity (Wildman–Crippen MR) is 103 cm³/mol. The van der Waals surface area contributed by atoms with Gasteiger partial charge in [-0.3, -0.25) is 4.79 Å². The molecule has 3 atom stereocenters. The van der Waals surface area contributed by atoms with E-state index >= 15 is 0 Å². The van der Waals surface area contributed by atoms with Crippen molar-refractivity contribution in [2.24, 2.45) is 11.8 Å². The lowest BCUT2D eigenvalue weighted by Crippen LogP contribution is -2.32. The number of hydrogen-bond donors (Lipinski definition) is 1. The van der Waals surface area contributed by atoms with Crippen LogP contribution in [0.3, 0.4) is 0 Å². The second-order valence-corrected chi connectivity index (χ2v) is 8.94. The molecule has 7 heteroatoms. The summed E-state index contributed by atoms with van der Waals surface area (Å²) in [6.45, 7) is 3.69. The monoisotopic (exact) mass is 395 g/mol. The molecule has 0 unspecified atom stereocenters. The van der Waals surface area contributed by atoms with E-state index in [0.717, 1.165) is 36.5 Å². The van der Waals surface area contributed by atoms with Gasteiger partial charge in [0.25, 0.3) is 5.91 Å². The largest absolute Gasteiger partial charge is 0.379 e. The predicted octanol–water partition coefficient (Wildman–Crippen LogP) is 4.72. The summed E-state index contributed by atoms with van der Waals surface area (Å²) in [4.78, 5) is 20.8. The molecule has 2 fully saturated rings. The van der Waals surface area contributed by atoms with Gasteiger partial charge >= 0.3 is 0 Å². The highest BCUT2D eigenvalue weighted by atomic mass is 35.5. The lowest BCUT2D eigenvalue weighted by Gasteiger charge is -2.23. The first-order chi connectivity index (χ1) is 12.0. The van der Waals surface area contributed by atoms with Crippen LogP contribution in [0.5, 0.6) is 0 Å². The molecular formula is C18H19Cl2N3OS. The van der Waals surface area contributed by atoms with Crippen molar-refractivity contribution >= 4 is 46.1 Å². The Morgan fingerprint density at radius 2 is 2.16 bits per heavy atom. The molecule has 25 heavy (non-hydrogen) atoms. The summed E-state index contributed by atoms with van der Waals surface area (Å²) in [5, 5.41) is 4.50. The molecule has 1 saturated carbocycles. The minimum atomic E-state index is 0.164. The van der Waals surface area contributed by atoms with E-state index in [2.05, 4.69) is 10.3 Å². The summed E-state index contributed by atoms with van der Waals surface area (Å²) in [7, 11) is 0. The minimum absolute atomic E-state index is 0.164. The maximum atomic E-state index is 12.7. The van der Waals surface area contributed by atoms with Crippen LogP contribution in [0, 0.1) is 18.8 Å². The Morgan fingerprint density at radius 1 is 1.32 bits per heavy atom. The Morgan fingerprint density at radius 3 is 2.88 bits per heavy atom. The summed E-state index contributed by atoms with van der Waals surface area (Å²) in [6.07, 6.45) is 3.91. The van der Waals surface area contributed by atoms with Gasteiger partial charge in [0, 0.05) is 29.9 Å². The third-order valence-electron chi connectivity index (χ3n) is 5.26. The van der Waals surface area contributed by atoms with Gasteiger partial charge in [0.2, 0.25) is 0 Å². The van der Waals surface area contributed by atoms with Crippen LogP contribution in [0.15, 0.2) is 24.4 Å². The maximum Gasteiger partial charge on any atom is 0.263 e. The zero-order chi connectivity index (χ0) is 17.6. The van der Waals surface area contributed by atoms with Crippen LogP contribution < -0.4 is 5.32 Å². The fraction of sp³-hybridized carbons (Fsp3) is 0.444. The van der Waals surface area contributed by atoms with Crippen LogP contribution in [0.2, 0.25) is 10.2 Å². The molecule has 0 radical (unpaired) electrons. The Bertz CT molecular complexity index is 809. The van der Waals surface area contributed by atoms with Crippen molar-refractivity contribution in [3.63, 3.8) is 0 Å². The number of thiophene rings is 1. The van der Waals surface area contributed by atoms with Crippen molar-refractivity contribution in [2.45, 2.75) is 25.8 Å². The van der Waals surface area contributed by atoms with Gasteiger partial charge in [-0.2, -0.15) is 0 Å². The molecule has 1 N–H and O–H groups in total. The molecule has 2 aromatic heterocycles. The van der Waals surface area contributed by atoms with E-state index in [1.807, 2.05) is 24.0 Å². The van der Waals surface area contributed by atoms with Crippen LogP contribution in [0.25, 0.3) is 0 Å². The highest BCUT2D eigenvalue weighted by molar-refractivity contribution is 7.13. The van der Waals surface area contributed by atoms with Crippen LogP contribution in [0.1, 0.15) is 27.4 Å². The summed E-state index contributed by atoms with van der Waals surface area (Å²) >= 11 is 13.7. The number of aryl methyl sites for hydroxylation is 1. The van der Waals surface area contributed by atoms with E-state index in [-0.39, 0.29) is 5.91 Å². The molecule has 132 valence electrons. The SMILES string of the molecule is Cc1ccc(C(=O)N2C[C@@H]3CC[C@@H](Nc4cnc(Cl)cc4Cl)[C@@H]3C2)s1. The average Bonchev–Trinajstić information content (AvgIpc) is 3.26. The average molecular weight is 396 g/mol. The molecule has 0 bridgehead atoms. The number of nitrogens with one attached hydrogen (secondary N) is 1. The topological polar surface area (TPSA) is 45.2 Å². The van der Waals surface area contributed by atoms with E-state index < -0.39 is 0 Å². The van der Waals surface area contributed by atoms with Gasteiger partial charge in [0.05, 0.1) is 21.8 Å². The number of pyridine rings is 1. The first kappa shape index (κ1) is 17.1. The second-order valence-electron chi connectivity index (χ2n) is 6.86. The Hall–Kier alpha value is -1.30. The van der Waals surface area contributed by atoms with Gasteiger partial charge < -0.3 is 10.2 Å². The van der Waals surface area contributed by atoms with Crippen LogP contribution in [-0.4, -0.2) is 34.9 Å². The van der Waals surface area contributed by atoms with Gasteiger partial charge in [0.1, 0.15) is 5.15 Å². The number of hydrogen-bond acceptors (Lipinski definition) is 4. The van der Waals surface area contributed by atoms with Crippen molar-refractivity contribution in [3.8, 4) is 0 Å². The number of rotatable bonds is 3. The number of halogens is 2. The van der Waals surface area contributed by atoms with Gasteiger partial charge in [-0.25, -0.2) is 4.98 Å². The van der Waals surface area contributed by atoms with Crippen LogP contribution in [-0.2, 0) is 0 Å². The Balaban J connectivity index is 1.45. The van der Waals surface area contributed by atoms with Gasteiger partial charge in [0.15, 0.2) is 0 Å². The van der Waals surface area contributed by atoms with Crippen molar-refractivity contribution < 1.29 is 4.79 Å². The normalized spacial score (nSPS) is 25.2. The third kappa shape index (κ3) is 3.37. The molecule has 2 aromatic rings. The van der Waals surface area contributed by atoms with Crippen molar-refractivity contribution in [1.82, 2.24) is 9.88 Å². The highest BCUT2D eigenvalue weighted by Gasteiger charge is 2.44.